The third-order valence-electron chi connectivity index (χ3n) is 5.05. The third kappa shape index (κ3) is 2.81. The largest absolute Gasteiger partial charge is 0.360 e. The van der Waals surface area contributed by atoms with Gasteiger partial charge in [0.05, 0.1) is 11.4 Å². The standard InChI is InChI=1S/C18H22N4O2/c1-12-9-19-10-15(20-12)13-5-4-8-22(11-13)18(23)17-14-6-2-3-7-16(14)24-21-17/h9-10,13H,2-8,11H2,1H3. The van der Waals surface area contributed by atoms with Crippen molar-refractivity contribution in [2.75, 3.05) is 13.1 Å². The predicted molar refractivity (Wildman–Crippen MR) is 87.8 cm³/mol. The fraction of sp³-hybridized carbons (Fsp3) is 0.556. The lowest BCUT2D eigenvalue weighted by Gasteiger charge is -2.32. The molecular weight excluding hydrogens is 304 g/mol. The van der Waals surface area contributed by atoms with Crippen LogP contribution in [-0.4, -0.2) is 39.0 Å². The van der Waals surface area contributed by atoms with Crippen LogP contribution in [0, 0.1) is 6.92 Å². The second-order valence-corrected chi connectivity index (χ2v) is 6.82. The number of piperidine rings is 1. The van der Waals surface area contributed by atoms with Gasteiger partial charge in [-0.25, -0.2) is 0 Å². The number of fused-ring (bicyclic) bond motifs is 1. The van der Waals surface area contributed by atoms with Crippen molar-refractivity contribution in [3.05, 3.63) is 40.8 Å². The van der Waals surface area contributed by atoms with Crippen LogP contribution in [0.5, 0.6) is 0 Å². The molecule has 1 atom stereocenters. The third-order valence-corrected chi connectivity index (χ3v) is 5.05. The molecule has 1 aliphatic carbocycles. The Bertz CT molecular complexity index is 755. The number of likely N-dealkylation sites (tertiary alicyclic amines) is 1. The van der Waals surface area contributed by atoms with Crippen molar-refractivity contribution in [2.24, 2.45) is 0 Å². The van der Waals surface area contributed by atoms with E-state index in [0.29, 0.717) is 12.2 Å². The zero-order valence-electron chi connectivity index (χ0n) is 14.0. The minimum absolute atomic E-state index is 0.00668. The van der Waals surface area contributed by atoms with Crippen molar-refractivity contribution in [2.45, 2.75) is 51.4 Å². The van der Waals surface area contributed by atoms with E-state index in [4.69, 9.17) is 4.52 Å². The molecule has 2 aromatic heterocycles. The number of rotatable bonds is 2. The fourth-order valence-corrected chi connectivity index (χ4v) is 3.79. The SMILES string of the molecule is Cc1cncc(C2CCCN(C(=O)c3noc4c3CCCC4)C2)n1. The monoisotopic (exact) mass is 326 g/mol. The minimum atomic E-state index is 0.00668. The lowest BCUT2D eigenvalue weighted by molar-refractivity contribution is 0.0694. The first-order valence-corrected chi connectivity index (χ1v) is 8.77. The Morgan fingerprint density at radius 1 is 1.25 bits per heavy atom. The van der Waals surface area contributed by atoms with Crippen LogP contribution in [0.3, 0.4) is 0 Å². The molecule has 0 spiro atoms. The van der Waals surface area contributed by atoms with Crippen molar-refractivity contribution in [3.8, 4) is 0 Å². The molecule has 0 N–H and O–H groups in total. The summed E-state index contributed by atoms with van der Waals surface area (Å²) in [6.45, 7) is 3.40. The van der Waals surface area contributed by atoms with Gasteiger partial charge in [-0.3, -0.25) is 14.8 Å². The van der Waals surface area contributed by atoms with Gasteiger partial charge in [0.15, 0.2) is 5.69 Å². The van der Waals surface area contributed by atoms with Gasteiger partial charge in [-0.2, -0.15) is 0 Å². The van der Waals surface area contributed by atoms with E-state index < -0.39 is 0 Å². The van der Waals surface area contributed by atoms with Crippen molar-refractivity contribution in [1.29, 1.82) is 0 Å². The maximum atomic E-state index is 12.9. The number of hydrogen-bond acceptors (Lipinski definition) is 5. The number of amides is 1. The number of carbonyl (C=O) groups excluding carboxylic acids is 1. The summed E-state index contributed by atoms with van der Waals surface area (Å²) in [5.41, 5.74) is 3.46. The highest BCUT2D eigenvalue weighted by molar-refractivity contribution is 5.94. The molecule has 1 unspecified atom stereocenters. The highest BCUT2D eigenvalue weighted by Crippen LogP contribution is 2.29. The van der Waals surface area contributed by atoms with Gasteiger partial charge in [-0.15, -0.1) is 0 Å². The topological polar surface area (TPSA) is 72.1 Å². The van der Waals surface area contributed by atoms with E-state index in [0.717, 1.165) is 67.8 Å². The highest BCUT2D eigenvalue weighted by atomic mass is 16.5. The number of aromatic nitrogens is 3. The second kappa shape index (κ2) is 6.34. The molecule has 1 saturated heterocycles. The maximum Gasteiger partial charge on any atom is 0.276 e. The van der Waals surface area contributed by atoms with Crippen LogP contribution in [0.1, 0.15) is 64.8 Å². The maximum absolute atomic E-state index is 12.9. The van der Waals surface area contributed by atoms with Crippen molar-refractivity contribution >= 4 is 5.91 Å². The normalized spacial score (nSPS) is 20.7. The van der Waals surface area contributed by atoms with Crippen LogP contribution < -0.4 is 0 Å². The minimum Gasteiger partial charge on any atom is -0.360 e. The molecule has 6 nitrogen and oxygen atoms in total. The van der Waals surface area contributed by atoms with Gasteiger partial charge >= 0.3 is 0 Å². The number of hydrogen-bond donors (Lipinski definition) is 0. The predicted octanol–water partition coefficient (Wildman–Crippen LogP) is 2.67. The Kier molecular flexibility index (Phi) is 4.04. The van der Waals surface area contributed by atoms with E-state index in [1.54, 1.807) is 6.20 Å². The molecule has 0 aromatic carbocycles. The zero-order chi connectivity index (χ0) is 16.5. The first-order valence-electron chi connectivity index (χ1n) is 8.77. The van der Waals surface area contributed by atoms with Gasteiger partial charge in [0.2, 0.25) is 0 Å². The van der Waals surface area contributed by atoms with Crippen LogP contribution in [-0.2, 0) is 12.8 Å². The Balaban J connectivity index is 1.54. The molecule has 24 heavy (non-hydrogen) atoms. The average Bonchev–Trinajstić information content (AvgIpc) is 3.05. The Morgan fingerprint density at radius 2 is 2.12 bits per heavy atom. The van der Waals surface area contributed by atoms with Crippen molar-refractivity contribution < 1.29 is 9.32 Å². The summed E-state index contributed by atoms with van der Waals surface area (Å²) in [5.74, 6) is 1.16. The fourth-order valence-electron chi connectivity index (χ4n) is 3.79. The summed E-state index contributed by atoms with van der Waals surface area (Å²) >= 11 is 0. The molecule has 2 aliphatic rings. The summed E-state index contributed by atoms with van der Waals surface area (Å²) in [7, 11) is 0. The van der Waals surface area contributed by atoms with Crippen LogP contribution in [0.15, 0.2) is 16.9 Å². The number of nitrogens with zero attached hydrogens (tertiary/aromatic N) is 4. The average molecular weight is 326 g/mol. The van der Waals surface area contributed by atoms with Gasteiger partial charge in [0.25, 0.3) is 5.91 Å². The van der Waals surface area contributed by atoms with Crippen LogP contribution >= 0.6 is 0 Å². The van der Waals surface area contributed by atoms with Gasteiger partial charge in [-0.05, 0) is 39.0 Å². The Hall–Kier alpha value is -2.24. The quantitative estimate of drug-likeness (QED) is 0.848. The smallest absolute Gasteiger partial charge is 0.276 e. The number of carbonyl (C=O) groups is 1. The van der Waals surface area contributed by atoms with E-state index in [-0.39, 0.29) is 11.8 Å². The lowest BCUT2D eigenvalue weighted by atomic mass is 9.93. The van der Waals surface area contributed by atoms with Crippen molar-refractivity contribution in [3.63, 3.8) is 0 Å². The molecule has 1 amide bonds. The molecule has 4 rings (SSSR count). The summed E-state index contributed by atoms with van der Waals surface area (Å²) in [4.78, 5) is 23.7. The summed E-state index contributed by atoms with van der Waals surface area (Å²) in [5, 5.41) is 4.09. The molecule has 0 radical (unpaired) electrons. The molecule has 3 heterocycles. The van der Waals surface area contributed by atoms with Crippen LogP contribution in [0.25, 0.3) is 0 Å². The zero-order valence-corrected chi connectivity index (χ0v) is 14.0. The molecule has 6 heteroatoms. The molecule has 2 aromatic rings. The molecule has 1 aliphatic heterocycles. The molecular formula is C18H22N4O2. The van der Waals surface area contributed by atoms with E-state index >= 15 is 0 Å². The van der Waals surface area contributed by atoms with Gasteiger partial charge in [-0.1, -0.05) is 5.16 Å². The highest BCUT2D eigenvalue weighted by Gasteiger charge is 2.31. The first-order chi connectivity index (χ1) is 11.7. The van der Waals surface area contributed by atoms with Crippen LogP contribution in [0.4, 0.5) is 0 Å². The van der Waals surface area contributed by atoms with E-state index in [9.17, 15) is 4.79 Å². The molecule has 126 valence electrons. The van der Waals surface area contributed by atoms with Crippen molar-refractivity contribution in [1.82, 2.24) is 20.0 Å². The second-order valence-electron chi connectivity index (χ2n) is 6.82. The van der Waals surface area contributed by atoms with Gasteiger partial charge in [0, 0.05) is 43.4 Å². The summed E-state index contributed by atoms with van der Waals surface area (Å²) < 4.78 is 5.41. The Labute approximate surface area is 141 Å². The van der Waals surface area contributed by atoms with E-state index in [1.807, 2.05) is 18.0 Å². The number of aryl methyl sites for hydroxylation is 2. The summed E-state index contributed by atoms with van der Waals surface area (Å²) in [6.07, 6.45) is 9.63. The Morgan fingerprint density at radius 3 is 3.00 bits per heavy atom. The van der Waals surface area contributed by atoms with E-state index in [1.165, 1.54) is 0 Å². The summed E-state index contributed by atoms with van der Waals surface area (Å²) in [6, 6.07) is 0. The lowest BCUT2D eigenvalue weighted by Crippen LogP contribution is -2.40. The first kappa shape index (κ1) is 15.3. The molecule has 0 saturated carbocycles. The van der Waals surface area contributed by atoms with Gasteiger partial charge < -0.3 is 9.42 Å². The molecule has 0 bridgehead atoms. The molecule has 1 fully saturated rings. The van der Waals surface area contributed by atoms with E-state index in [2.05, 4.69) is 15.1 Å². The van der Waals surface area contributed by atoms with Crippen LogP contribution in [0.2, 0.25) is 0 Å². The van der Waals surface area contributed by atoms with Gasteiger partial charge in [0.1, 0.15) is 5.76 Å².